The summed E-state index contributed by atoms with van der Waals surface area (Å²) in [4.78, 5) is 25.2. The van der Waals surface area contributed by atoms with E-state index in [1.165, 1.54) is 0 Å². The second-order valence-corrected chi connectivity index (χ2v) is 5.95. The van der Waals surface area contributed by atoms with Crippen LogP contribution in [0.2, 0.25) is 0 Å². The van der Waals surface area contributed by atoms with Crippen LogP contribution in [0.3, 0.4) is 0 Å². The molecule has 1 amide bonds. The minimum Gasteiger partial charge on any atom is -0.477 e. The number of hydrogen-bond acceptors (Lipinski definition) is 3. The van der Waals surface area contributed by atoms with E-state index >= 15 is 0 Å². The highest BCUT2D eigenvalue weighted by molar-refractivity contribution is 5.94. The summed E-state index contributed by atoms with van der Waals surface area (Å²) in [6.07, 6.45) is -0.515. The van der Waals surface area contributed by atoms with Crippen LogP contribution in [0.1, 0.15) is 36.8 Å². The predicted octanol–water partition coefficient (Wildman–Crippen LogP) is 2.74. The van der Waals surface area contributed by atoms with Gasteiger partial charge in [-0.1, -0.05) is 11.8 Å². The topological polar surface area (TPSA) is 91.4 Å². The lowest BCUT2D eigenvalue weighted by Crippen LogP contribution is -2.32. The molecule has 0 saturated carbocycles. The van der Waals surface area contributed by atoms with Crippen molar-refractivity contribution >= 4 is 23.0 Å². The van der Waals surface area contributed by atoms with Crippen molar-refractivity contribution in [3.63, 3.8) is 0 Å². The van der Waals surface area contributed by atoms with Crippen LogP contribution in [0, 0.1) is 11.8 Å². The first kappa shape index (κ1) is 16.4. The molecule has 0 aliphatic rings. The molecule has 6 heteroatoms. The van der Waals surface area contributed by atoms with Crippen LogP contribution in [-0.4, -0.2) is 34.3 Å². The van der Waals surface area contributed by atoms with Gasteiger partial charge in [0.15, 0.2) is 0 Å². The molecule has 0 aliphatic heterocycles. The van der Waals surface area contributed by atoms with Crippen molar-refractivity contribution in [1.82, 2.24) is 10.3 Å². The van der Waals surface area contributed by atoms with Crippen LogP contribution in [-0.2, 0) is 4.74 Å². The molecular weight excluding hydrogens is 296 g/mol. The fourth-order valence-electron chi connectivity index (χ4n) is 1.90. The number of ether oxygens (including phenoxy) is 1. The first-order chi connectivity index (χ1) is 10.7. The average Bonchev–Trinajstić information content (AvgIpc) is 2.85. The molecule has 23 heavy (non-hydrogen) atoms. The fraction of sp³-hybridized carbons (Fsp3) is 0.294. The lowest BCUT2D eigenvalue weighted by Gasteiger charge is -2.18. The van der Waals surface area contributed by atoms with Gasteiger partial charge in [-0.15, -0.1) is 0 Å². The molecule has 1 aromatic carbocycles. The Bertz CT molecular complexity index is 803. The molecular formula is C17H18N2O4. The van der Waals surface area contributed by atoms with Crippen molar-refractivity contribution in [3.8, 4) is 11.8 Å². The summed E-state index contributed by atoms with van der Waals surface area (Å²) in [7, 11) is 0. The Labute approximate surface area is 133 Å². The molecule has 0 unspecified atom stereocenters. The van der Waals surface area contributed by atoms with Gasteiger partial charge in [0.2, 0.25) is 0 Å². The van der Waals surface area contributed by atoms with Crippen LogP contribution in [0.15, 0.2) is 24.3 Å². The number of benzene rings is 1. The molecule has 0 saturated heterocycles. The fourth-order valence-corrected chi connectivity index (χ4v) is 1.90. The monoisotopic (exact) mass is 314 g/mol. The van der Waals surface area contributed by atoms with Gasteiger partial charge in [0.1, 0.15) is 11.3 Å². The minimum absolute atomic E-state index is 0.136. The molecule has 0 radical (unpaired) electrons. The summed E-state index contributed by atoms with van der Waals surface area (Å²) in [5, 5.41) is 12.3. The first-order valence-corrected chi connectivity index (χ1v) is 7.06. The third-order valence-corrected chi connectivity index (χ3v) is 2.80. The largest absolute Gasteiger partial charge is 0.477 e. The Morgan fingerprint density at radius 2 is 2.04 bits per heavy atom. The van der Waals surface area contributed by atoms with Crippen molar-refractivity contribution in [2.24, 2.45) is 0 Å². The van der Waals surface area contributed by atoms with Crippen LogP contribution in [0.5, 0.6) is 0 Å². The van der Waals surface area contributed by atoms with Gasteiger partial charge in [0.25, 0.3) is 0 Å². The van der Waals surface area contributed by atoms with E-state index in [9.17, 15) is 9.59 Å². The zero-order valence-electron chi connectivity index (χ0n) is 13.2. The van der Waals surface area contributed by atoms with Gasteiger partial charge in [0, 0.05) is 16.5 Å². The van der Waals surface area contributed by atoms with Gasteiger partial charge in [-0.05, 0) is 45.0 Å². The Hall–Kier alpha value is -2.94. The number of H-pyrrole nitrogens is 1. The summed E-state index contributed by atoms with van der Waals surface area (Å²) in [5.74, 6) is 4.73. The maximum atomic E-state index is 11.5. The highest BCUT2D eigenvalue weighted by Gasteiger charge is 2.15. The highest BCUT2D eigenvalue weighted by Crippen LogP contribution is 2.16. The number of carbonyl (C=O) groups excluding carboxylic acids is 1. The van der Waals surface area contributed by atoms with Crippen molar-refractivity contribution < 1.29 is 19.4 Å². The third kappa shape index (κ3) is 4.78. The summed E-state index contributed by atoms with van der Waals surface area (Å²) in [6.45, 7) is 5.53. The molecule has 120 valence electrons. The third-order valence-electron chi connectivity index (χ3n) is 2.80. The van der Waals surface area contributed by atoms with E-state index in [4.69, 9.17) is 9.84 Å². The molecule has 3 N–H and O–H groups in total. The molecule has 1 aromatic heterocycles. The number of aromatic amines is 1. The number of aromatic nitrogens is 1. The molecule has 0 bridgehead atoms. The minimum atomic E-state index is -1.00. The lowest BCUT2D eigenvalue weighted by molar-refractivity contribution is 0.0534. The summed E-state index contributed by atoms with van der Waals surface area (Å²) in [5.41, 5.74) is 1.06. The summed E-state index contributed by atoms with van der Waals surface area (Å²) >= 11 is 0. The van der Waals surface area contributed by atoms with Crippen molar-refractivity contribution in [1.29, 1.82) is 0 Å². The van der Waals surface area contributed by atoms with Gasteiger partial charge in [-0.25, -0.2) is 9.59 Å². The Kier molecular flexibility index (Phi) is 4.60. The zero-order valence-corrected chi connectivity index (χ0v) is 13.2. The van der Waals surface area contributed by atoms with E-state index in [2.05, 4.69) is 22.1 Å². The number of alkyl carbamates (subject to hydrolysis) is 1. The molecule has 0 atom stereocenters. The number of carbonyl (C=O) groups is 2. The van der Waals surface area contributed by atoms with Crippen LogP contribution in [0.4, 0.5) is 4.79 Å². The van der Waals surface area contributed by atoms with Gasteiger partial charge < -0.3 is 20.1 Å². The molecule has 2 aromatic rings. The molecule has 1 heterocycles. The number of carboxylic acids is 1. The second-order valence-electron chi connectivity index (χ2n) is 5.95. The van der Waals surface area contributed by atoms with Gasteiger partial charge in [-0.3, -0.25) is 0 Å². The summed E-state index contributed by atoms with van der Waals surface area (Å²) < 4.78 is 5.10. The number of rotatable bonds is 2. The summed E-state index contributed by atoms with van der Waals surface area (Å²) in [6, 6.07) is 6.90. The molecule has 6 nitrogen and oxygen atoms in total. The second kappa shape index (κ2) is 6.44. The maximum Gasteiger partial charge on any atom is 0.408 e. The standard InChI is InChI=1S/C17H18N2O4/c1-17(2,3)23-16(22)18-8-4-5-11-6-7-13-12(9-11)10-14(19-13)15(20)21/h6-7,9-10,19H,8H2,1-3H3,(H,18,22)(H,20,21). The lowest BCUT2D eigenvalue weighted by atomic mass is 10.1. The van der Waals surface area contributed by atoms with Crippen molar-refractivity contribution in [2.45, 2.75) is 26.4 Å². The molecule has 2 rings (SSSR count). The number of aromatic carboxylic acids is 1. The molecule has 0 fully saturated rings. The number of fused-ring (bicyclic) bond motifs is 1. The van der Waals surface area contributed by atoms with Crippen molar-refractivity contribution in [2.75, 3.05) is 6.54 Å². The number of hydrogen-bond donors (Lipinski definition) is 3. The normalized spacial score (nSPS) is 10.7. The van der Waals surface area contributed by atoms with Gasteiger partial charge in [0.05, 0.1) is 6.54 Å². The predicted molar refractivity (Wildman–Crippen MR) is 86.4 cm³/mol. The zero-order chi connectivity index (χ0) is 17.0. The quantitative estimate of drug-likeness (QED) is 0.743. The van der Waals surface area contributed by atoms with E-state index in [1.807, 2.05) is 0 Å². The smallest absolute Gasteiger partial charge is 0.408 e. The Balaban J connectivity index is 2.00. The van der Waals surface area contributed by atoms with E-state index in [0.717, 1.165) is 16.5 Å². The molecule has 0 spiro atoms. The first-order valence-electron chi connectivity index (χ1n) is 7.06. The number of nitrogens with one attached hydrogen (secondary N) is 2. The number of amides is 1. The van der Waals surface area contributed by atoms with E-state index in [0.29, 0.717) is 0 Å². The Morgan fingerprint density at radius 3 is 2.70 bits per heavy atom. The molecule has 0 aliphatic carbocycles. The number of carboxylic acid groups (broad SMARTS) is 1. The van der Waals surface area contributed by atoms with E-state index < -0.39 is 17.7 Å². The van der Waals surface area contributed by atoms with Crippen molar-refractivity contribution in [3.05, 3.63) is 35.5 Å². The van der Waals surface area contributed by atoms with Crippen LogP contribution >= 0.6 is 0 Å². The average molecular weight is 314 g/mol. The van der Waals surface area contributed by atoms with Gasteiger partial charge >= 0.3 is 12.1 Å². The highest BCUT2D eigenvalue weighted by atomic mass is 16.6. The SMILES string of the molecule is CC(C)(C)OC(=O)NCC#Cc1ccc2[nH]c(C(=O)O)cc2c1. The van der Waals surface area contributed by atoms with Crippen LogP contribution in [0.25, 0.3) is 10.9 Å². The maximum absolute atomic E-state index is 11.5. The van der Waals surface area contributed by atoms with E-state index in [1.54, 1.807) is 45.0 Å². The Morgan fingerprint density at radius 1 is 1.30 bits per heavy atom. The van der Waals surface area contributed by atoms with Gasteiger partial charge in [-0.2, -0.15) is 0 Å². The van der Waals surface area contributed by atoms with Crippen LogP contribution < -0.4 is 5.32 Å². The van der Waals surface area contributed by atoms with E-state index in [-0.39, 0.29) is 12.2 Å².